The molecule has 1 saturated carbocycles. The second-order valence-electron chi connectivity index (χ2n) is 8.54. The van der Waals surface area contributed by atoms with E-state index < -0.39 is 5.60 Å². The number of benzene rings is 2. The highest BCUT2D eigenvalue weighted by Crippen LogP contribution is 2.50. The van der Waals surface area contributed by atoms with E-state index in [1.54, 1.807) is 6.08 Å². The first-order valence-corrected chi connectivity index (χ1v) is 10.8. The van der Waals surface area contributed by atoms with E-state index in [-0.39, 0.29) is 24.7 Å². The maximum absolute atomic E-state index is 13.3. The van der Waals surface area contributed by atoms with Gasteiger partial charge in [0.2, 0.25) is 12.7 Å². The fourth-order valence-corrected chi connectivity index (χ4v) is 5.27. The summed E-state index contributed by atoms with van der Waals surface area (Å²) >= 11 is 0. The largest absolute Gasteiger partial charge is 0.454 e. The number of nitrogens with zero attached hydrogens (tertiary/aromatic N) is 1. The van der Waals surface area contributed by atoms with Gasteiger partial charge < -0.3 is 19.5 Å². The first kappa shape index (κ1) is 19.2. The molecule has 0 bridgehead atoms. The molecule has 156 valence electrons. The Bertz CT molecular complexity index is 957. The molecule has 5 heteroatoms. The lowest BCUT2D eigenvalue weighted by Gasteiger charge is -2.52. The topological polar surface area (TPSA) is 59.0 Å². The highest BCUT2D eigenvalue weighted by Gasteiger charge is 2.50. The fraction of sp³-hybridized carbons (Fsp3) is 0.400. The average molecular weight is 405 g/mol. The number of hydrogen-bond donors (Lipinski definition) is 1. The number of hydrogen-bond acceptors (Lipinski definition) is 4. The van der Waals surface area contributed by atoms with Crippen molar-refractivity contribution < 1.29 is 19.4 Å². The molecule has 1 amide bonds. The van der Waals surface area contributed by atoms with Gasteiger partial charge in [-0.3, -0.25) is 4.79 Å². The minimum atomic E-state index is -0.709. The van der Waals surface area contributed by atoms with E-state index in [0.29, 0.717) is 18.7 Å². The Morgan fingerprint density at radius 1 is 1.07 bits per heavy atom. The summed E-state index contributed by atoms with van der Waals surface area (Å²) in [7, 11) is 0. The van der Waals surface area contributed by atoms with E-state index in [9.17, 15) is 9.90 Å². The zero-order valence-electron chi connectivity index (χ0n) is 17.0. The molecule has 2 heterocycles. The van der Waals surface area contributed by atoms with E-state index in [4.69, 9.17) is 9.47 Å². The SMILES string of the molecule is O=C(/C=C/c1ccccc1)N1CC[C@]2(O)CCCC[C@@H]2[C@H]1c1ccc2c(c1)OCO2. The lowest BCUT2D eigenvalue weighted by molar-refractivity contribution is -0.150. The van der Waals surface area contributed by atoms with Gasteiger partial charge in [0.05, 0.1) is 11.6 Å². The molecule has 30 heavy (non-hydrogen) atoms. The molecule has 2 aliphatic heterocycles. The Balaban J connectivity index is 1.49. The van der Waals surface area contributed by atoms with Gasteiger partial charge in [-0.25, -0.2) is 0 Å². The van der Waals surface area contributed by atoms with Crippen molar-refractivity contribution in [2.75, 3.05) is 13.3 Å². The van der Waals surface area contributed by atoms with Gasteiger partial charge in [-0.05, 0) is 48.6 Å². The quantitative estimate of drug-likeness (QED) is 0.773. The first-order valence-electron chi connectivity index (χ1n) is 10.8. The van der Waals surface area contributed by atoms with Crippen LogP contribution in [0.4, 0.5) is 0 Å². The molecule has 1 saturated heterocycles. The van der Waals surface area contributed by atoms with Crippen molar-refractivity contribution in [2.24, 2.45) is 5.92 Å². The highest BCUT2D eigenvalue weighted by molar-refractivity contribution is 5.92. The van der Waals surface area contributed by atoms with Crippen molar-refractivity contribution >= 4 is 12.0 Å². The van der Waals surface area contributed by atoms with Gasteiger partial charge in [0.25, 0.3) is 0 Å². The Morgan fingerprint density at radius 3 is 2.77 bits per heavy atom. The van der Waals surface area contributed by atoms with Gasteiger partial charge >= 0.3 is 0 Å². The molecule has 3 aliphatic rings. The van der Waals surface area contributed by atoms with Crippen molar-refractivity contribution in [2.45, 2.75) is 43.7 Å². The number of likely N-dealkylation sites (tertiary alicyclic amines) is 1. The Kier molecular flexibility index (Phi) is 4.99. The van der Waals surface area contributed by atoms with Crippen molar-refractivity contribution in [3.63, 3.8) is 0 Å². The molecule has 1 N–H and O–H groups in total. The number of piperidine rings is 1. The summed E-state index contributed by atoms with van der Waals surface area (Å²) in [6.07, 6.45) is 7.99. The lowest BCUT2D eigenvalue weighted by Crippen LogP contribution is -2.56. The third kappa shape index (κ3) is 3.47. The normalized spacial score (nSPS) is 27.8. The van der Waals surface area contributed by atoms with Crippen LogP contribution < -0.4 is 9.47 Å². The second kappa shape index (κ2) is 7.80. The minimum Gasteiger partial charge on any atom is -0.454 e. The van der Waals surface area contributed by atoms with Gasteiger partial charge in [0.1, 0.15) is 0 Å². The number of amides is 1. The smallest absolute Gasteiger partial charge is 0.247 e. The van der Waals surface area contributed by atoms with Crippen LogP contribution >= 0.6 is 0 Å². The van der Waals surface area contributed by atoms with Gasteiger partial charge in [0, 0.05) is 18.5 Å². The summed E-state index contributed by atoms with van der Waals surface area (Å²) < 4.78 is 11.1. The molecule has 1 aliphatic carbocycles. The summed E-state index contributed by atoms with van der Waals surface area (Å²) in [6, 6.07) is 15.6. The Morgan fingerprint density at radius 2 is 1.90 bits per heavy atom. The molecule has 0 aromatic heterocycles. The van der Waals surface area contributed by atoms with Crippen molar-refractivity contribution in [3.8, 4) is 11.5 Å². The number of carbonyl (C=O) groups is 1. The Hall–Kier alpha value is -2.79. The standard InChI is InChI=1S/C25H27NO4/c27-23(12-9-18-6-2-1-3-7-18)26-15-14-25(28)13-5-4-8-20(25)24(26)19-10-11-21-22(16-19)30-17-29-21/h1-3,6-7,9-12,16,20,24,28H,4-5,8,13-15,17H2/b12-9+/t20-,24-,25-/m1/s1. The molecule has 2 aromatic carbocycles. The molecule has 0 unspecified atom stereocenters. The molecule has 5 rings (SSSR count). The van der Waals surface area contributed by atoms with Crippen LogP contribution in [0.15, 0.2) is 54.6 Å². The molecule has 0 radical (unpaired) electrons. The summed E-state index contributed by atoms with van der Waals surface area (Å²) in [5.74, 6) is 1.45. The van der Waals surface area contributed by atoms with Crippen molar-refractivity contribution in [1.29, 1.82) is 0 Å². The first-order chi connectivity index (χ1) is 14.6. The lowest BCUT2D eigenvalue weighted by atomic mass is 9.66. The third-order valence-corrected chi connectivity index (χ3v) is 6.81. The molecular weight excluding hydrogens is 378 g/mol. The fourth-order valence-electron chi connectivity index (χ4n) is 5.27. The van der Waals surface area contributed by atoms with Crippen LogP contribution in [0.2, 0.25) is 0 Å². The predicted molar refractivity (Wildman–Crippen MR) is 114 cm³/mol. The Labute approximate surface area is 176 Å². The summed E-state index contributed by atoms with van der Waals surface area (Å²) in [5.41, 5.74) is 1.29. The third-order valence-electron chi connectivity index (χ3n) is 6.81. The zero-order chi connectivity index (χ0) is 20.6. The molecule has 3 atom stereocenters. The van der Waals surface area contributed by atoms with Crippen LogP contribution in [0, 0.1) is 5.92 Å². The average Bonchev–Trinajstić information content (AvgIpc) is 3.25. The van der Waals surface area contributed by atoms with Crippen LogP contribution in [0.25, 0.3) is 6.08 Å². The van der Waals surface area contributed by atoms with Crippen molar-refractivity contribution in [3.05, 3.63) is 65.7 Å². The maximum Gasteiger partial charge on any atom is 0.247 e. The molecule has 2 fully saturated rings. The number of rotatable bonds is 3. The van der Waals surface area contributed by atoms with Crippen LogP contribution in [0.3, 0.4) is 0 Å². The van der Waals surface area contributed by atoms with Gasteiger partial charge in [0.15, 0.2) is 11.5 Å². The minimum absolute atomic E-state index is 0.0193. The van der Waals surface area contributed by atoms with Crippen molar-refractivity contribution in [1.82, 2.24) is 4.90 Å². The van der Waals surface area contributed by atoms with E-state index in [2.05, 4.69) is 0 Å². The van der Waals surface area contributed by atoms with E-state index >= 15 is 0 Å². The number of aliphatic hydroxyl groups is 1. The number of carbonyl (C=O) groups excluding carboxylic acids is 1. The van der Waals surface area contributed by atoms with E-state index in [1.165, 1.54) is 0 Å². The van der Waals surface area contributed by atoms with Gasteiger partial charge in [-0.1, -0.05) is 49.2 Å². The van der Waals surface area contributed by atoms with Crippen LogP contribution in [0.1, 0.15) is 49.3 Å². The summed E-state index contributed by atoms with van der Waals surface area (Å²) in [4.78, 5) is 15.2. The van der Waals surface area contributed by atoms with Crippen LogP contribution in [-0.4, -0.2) is 34.9 Å². The predicted octanol–water partition coefficient (Wildman–Crippen LogP) is 4.32. The monoisotopic (exact) mass is 405 g/mol. The molecular formula is C25H27NO4. The van der Waals surface area contributed by atoms with Crippen LogP contribution in [0.5, 0.6) is 11.5 Å². The zero-order valence-corrected chi connectivity index (χ0v) is 17.0. The van der Waals surface area contributed by atoms with E-state index in [0.717, 1.165) is 42.6 Å². The van der Waals surface area contributed by atoms with E-state index in [1.807, 2.05) is 59.5 Å². The van der Waals surface area contributed by atoms with Crippen LogP contribution in [-0.2, 0) is 4.79 Å². The van der Waals surface area contributed by atoms with Gasteiger partial charge in [-0.2, -0.15) is 0 Å². The number of fused-ring (bicyclic) bond motifs is 2. The second-order valence-corrected chi connectivity index (χ2v) is 8.54. The maximum atomic E-state index is 13.3. The highest BCUT2D eigenvalue weighted by atomic mass is 16.7. The molecule has 2 aromatic rings. The summed E-state index contributed by atoms with van der Waals surface area (Å²) in [6.45, 7) is 0.767. The van der Waals surface area contributed by atoms with Gasteiger partial charge in [-0.15, -0.1) is 0 Å². The summed E-state index contributed by atoms with van der Waals surface area (Å²) in [5, 5.41) is 11.4. The molecule has 0 spiro atoms. The molecule has 5 nitrogen and oxygen atoms in total. The number of ether oxygens (including phenoxy) is 2.